The van der Waals surface area contributed by atoms with Crippen LogP contribution >= 0.6 is 0 Å². The number of pyridine rings is 1. The van der Waals surface area contributed by atoms with E-state index >= 15 is 0 Å². The lowest BCUT2D eigenvalue weighted by atomic mass is 9.96. The summed E-state index contributed by atoms with van der Waals surface area (Å²) in [5.41, 5.74) is 5.02. The lowest BCUT2D eigenvalue weighted by Gasteiger charge is -2.17. The fraction of sp³-hybridized carbons (Fsp3) is 0.0690. The van der Waals surface area contributed by atoms with Crippen molar-refractivity contribution in [1.82, 2.24) is 9.38 Å². The second-order valence-corrected chi connectivity index (χ2v) is 8.33. The molecule has 176 valence electrons. The molecule has 7 nitrogen and oxygen atoms in total. The van der Waals surface area contributed by atoms with Crippen molar-refractivity contribution in [3.05, 3.63) is 100 Å². The second kappa shape index (κ2) is 8.93. The maximum absolute atomic E-state index is 12.3. The number of hydrogen-bond donors (Lipinski definition) is 2. The van der Waals surface area contributed by atoms with Crippen molar-refractivity contribution < 1.29 is 14.9 Å². The average molecular weight is 476 g/mol. The number of ether oxygens (including phenoxy) is 1. The molecule has 2 N–H and O–H groups in total. The summed E-state index contributed by atoms with van der Waals surface area (Å²) in [5, 5.41) is 30.1. The summed E-state index contributed by atoms with van der Waals surface area (Å²) in [6, 6.07) is 24.7. The minimum absolute atomic E-state index is 0.0553. The monoisotopic (exact) mass is 475 g/mol. The van der Waals surface area contributed by atoms with Gasteiger partial charge in [0.15, 0.2) is 5.65 Å². The first kappa shape index (κ1) is 22.7. The third kappa shape index (κ3) is 3.91. The maximum Gasteiger partial charge on any atom is 0.273 e. The van der Waals surface area contributed by atoms with Gasteiger partial charge in [-0.05, 0) is 60.0 Å². The zero-order valence-corrected chi connectivity index (χ0v) is 19.6. The van der Waals surface area contributed by atoms with E-state index in [9.17, 15) is 20.3 Å². The Morgan fingerprint density at radius 3 is 2.17 bits per heavy atom. The number of benzene rings is 3. The maximum atomic E-state index is 12.3. The van der Waals surface area contributed by atoms with Crippen LogP contribution in [0.25, 0.3) is 39.2 Å². The molecule has 7 heteroatoms. The number of nitriles is 1. The van der Waals surface area contributed by atoms with Crippen LogP contribution in [-0.4, -0.2) is 26.7 Å². The Kier molecular flexibility index (Phi) is 5.63. The molecule has 5 aromatic rings. The Hall–Kier alpha value is -5.09. The minimum Gasteiger partial charge on any atom is -0.508 e. The molecule has 0 saturated carbocycles. The first-order valence-corrected chi connectivity index (χ1v) is 11.1. The van der Waals surface area contributed by atoms with Gasteiger partial charge in [0.05, 0.1) is 12.8 Å². The Morgan fingerprint density at radius 2 is 1.50 bits per heavy atom. The van der Waals surface area contributed by atoms with E-state index in [4.69, 9.17) is 4.74 Å². The van der Waals surface area contributed by atoms with Crippen LogP contribution < -0.4 is 10.3 Å². The molecule has 0 fully saturated rings. The molecule has 3 aromatic carbocycles. The van der Waals surface area contributed by atoms with E-state index in [2.05, 4.69) is 11.1 Å². The number of phenolic OH excluding ortho intramolecular Hbond substituents is 2. The molecule has 0 saturated heterocycles. The number of methoxy groups -OCH3 is 1. The number of rotatable bonds is 4. The van der Waals surface area contributed by atoms with Gasteiger partial charge in [-0.25, -0.2) is 0 Å². The van der Waals surface area contributed by atoms with E-state index in [0.29, 0.717) is 28.1 Å². The first-order valence-electron chi connectivity index (χ1n) is 11.1. The number of hydrogen-bond acceptors (Lipinski definition) is 6. The first-order chi connectivity index (χ1) is 17.4. The predicted molar refractivity (Wildman–Crippen MR) is 137 cm³/mol. The highest BCUT2D eigenvalue weighted by atomic mass is 16.5. The smallest absolute Gasteiger partial charge is 0.273 e. The quantitative estimate of drug-likeness (QED) is 0.342. The number of aryl methyl sites for hydroxylation is 1. The minimum atomic E-state index is -0.420. The molecule has 36 heavy (non-hydrogen) atoms. The van der Waals surface area contributed by atoms with E-state index in [-0.39, 0.29) is 17.1 Å². The van der Waals surface area contributed by atoms with Crippen LogP contribution in [0.15, 0.2) is 83.7 Å². The van der Waals surface area contributed by atoms with Gasteiger partial charge < -0.3 is 14.9 Å². The molecule has 5 rings (SSSR count). The highest BCUT2D eigenvalue weighted by Gasteiger charge is 2.18. The number of nitrogens with zero attached hydrogens (tertiary/aromatic N) is 3. The number of aromatic nitrogens is 2. The summed E-state index contributed by atoms with van der Waals surface area (Å²) in [6.07, 6.45) is 0. The van der Waals surface area contributed by atoms with Crippen molar-refractivity contribution in [3.63, 3.8) is 0 Å². The average Bonchev–Trinajstić information content (AvgIpc) is 2.89. The molecule has 2 aromatic heterocycles. The Morgan fingerprint density at radius 1 is 0.861 bits per heavy atom. The number of fused-ring (bicyclic) bond motifs is 1. The third-order valence-electron chi connectivity index (χ3n) is 6.11. The highest BCUT2D eigenvalue weighted by Crippen LogP contribution is 2.36. The van der Waals surface area contributed by atoms with Crippen LogP contribution in [0.5, 0.6) is 17.2 Å². The summed E-state index contributed by atoms with van der Waals surface area (Å²) in [5.74, 6) is 0.803. The molecule has 0 aliphatic carbocycles. The summed E-state index contributed by atoms with van der Waals surface area (Å²) in [7, 11) is 1.59. The molecule has 0 unspecified atom stereocenters. The second-order valence-electron chi connectivity index (χ2n) is 8.33. The molecule has 0 amide bonds. The standard InChI is InChI=1S/C29H21N3O4/c1-17-13-28(35)31-29-25(16-30)23(18-7-10-22(36-2)11-8-18)15-26(32(17)29)20-5-3-19(4-6-20)24-14-21(33)9-12-27(24)34/h3-15,33-34H,1-2H3. The van der Waals surface area contributed by atoms with Gasteiger partial charge in [-0.15, -0.1) is 0 Å². The predicted octanol–water partition coefficient (Wildman–Crippen LogP) is 5.30. The molecule has 0 atom stereocenters. The van der Waals surface area contributed by atoms with Gasteiger partial charge in [0.2, 0.25) is 0 Å². The van der Waals surface area contributed by atoms with Crippen LogP contribution in [0.2, 0.25) is 0 Å². The van der Waals surface area contributed by atoms with E-state index in [1.807, 2.05) is 54.6 Å². The number of aromatic hydroxyl groups is 2. The van der Waals surface area contributed by atoms with Crippen LogP contribution in [0.3, 0.4) is 0 Å². The van der Waals surface area contributed by atoms with E-state index in [0.717, 1.165) is 22.4 Å². The lowest BCUT2D eigenvalue weighted by molar-refractivity contribution is 0.415. The van der Waals surface area contributed by atoms with E-state index in [1.54, 1.807) is 18.4 Å². The molecule has 0 aliphatic rings. The van der Waals surface area contributed by atoms with Crippen molar-refractivity contribution in [3.8, 4) is 56.8 Å². The van der Waals surface area contributed by atoms with Crippen molar-refractivity contribution in [1.29, 1.82) is 5.26 Å². The van der Waals surface area contributed by atoms with Crippen molar-refractivity contribution in [2.45, 2.75) is 6.92 Å². The SMILES string of the molecule is COc1ccc(-c2cc(-c3ccc(-c4cc(O)ccc4O)cc3)n3c(C)cc(=O)nc3c2C#N)cc1. The summed E-state index contributed by atoms with van der Waals surface area (Å²) in [4.78, 5) is 16.5. The van der Waals surface area contributed by atoms with Crippen molar-refractivity contribution in [2.75, 3.05) is 7.11 Å². The van der Waals surface area contributed by atoms with Crippen molar-refractivity contribution in [2.24, 2.45) is 0 Å². The van der Waals surface area contributed by atoms with Crippen LogP contribution in [0.1, 0.15) is 11.3 Å². The largest absolute Gasteiger partial charge is 0.508 e. The van der Waals surface area contributed by atoms with Gasteiger partial charge in [-0.1, -0.05) is 36.4 Å². The normalized spacial score (nSPS) is 10.8. The summed E-state index contributed by atoms with van der Waals surface area (Å²) >= 11 is 0. The summed E-state index contributed by atoms with van der Waals surface area (Å²) < 4.78 is 7.06. The van der Waals surface area contributed by atoms with Gasteiger partial charge in [0.25, 0.3) is 5.56 Å². The number of phenols is 2. The van der Waals surface area contributed by atoms with Crippen LogP contribution in [-0.2, 0) is 0 Å². The zero-order valence-electron chi connectivity index (χ0n) is 19.6. The van der Waals surface area contributed by atoms with Gasteiger partial charge in [0.1, 0.15) is 28.9 Å². The topological polar surface area (TPSA) is 108 Å². The van der Waals surface area contributed by atoms with Gasteiger partial charge in [-0.2, -0.15) is 10.2 Å². The van der Waals surface area contributed by atoms with Crippen LogP contribution in [0.4, 0.5) is 0 Å². The Labute approximate surface area is 206 Å². The van der Waals surface area contributed by atoms with Gasteiger partial charge >= 0.3 is 0 Å². The van der Waals surface area contributed by atoms with E-state index < -0.39 is 5.56 Å². The fourth-order valence-corrected chi connectivity index (χ4v) is 4.36. The lowest BCUT2D eigenvalue weighted by Crippen LogP contribution is -2.13. The molecule has 0 radical (unpaired) electrons. The molecular formula is C29H21N3O4. The Bertz CT molecular complexity index is 1710. The zero-order chi connectivity index (χ0) is 25.4. The molecule has 0 spiro atoms. The van der Waals surface area contributed by atoms with Gasteiger partial charge in [0, 0.05) is 22.9 Å². The van der Waals surface area contributed by atoms with Crippen LogP contribution in [0, 0.1) is 18.3 Å². The molecule has 0 aliphatic heterocycles. The molecule has 0 bridgehead atoms. The fourth-order valence-electron chi connectivity index (χ4n) is 4.36. The molecular weight excluding hydrogens is 454 g/mol. The van der Waals surface area contributed by atoms with E-state index in [1.165, 1.54) is 24.3 Å². The third-order valence-corrected chi connectivity index (χ3v) is 6.11. The molecule has 2 heterocycles. The Balaban J connectivity index is 1.76. The van der Waals surface area contributed by atoms with Gasteiger partial charge in [-0.3, -0.25) is 9.20 Å². The summed E-state index contributed by atoms with van der Waals surface area (Å²) in [6.45, 7) is 1.80. The van der Waals surface area contributed by atoms with Crippen molar-refractivity contribution >= 4 is 5.65 Å². The highest BCUT2D eigenvalue weighted by molar-refractivity contribution is 5.83.